The van der Waals surface area contributed by atoms with Crippen molar-refractivity contribution < 1.29 is 14.1 Å². The van der Waals surface area contributed by atoms with Crippen molar-refractivity contribution >= 4 is 24.2 Å². The van der Waals surface area contributed by atoms with Crippen LogP contribution in [0.25, 0.3) is 0 Å². The lowest BCUT2D eigenvalue weighted by Gasteiger charge is -2.35. The minimum absolute atomic E-state index is 0.142. The zero-order valence-corrected chi connectivity index (χ0v) is 21.4. The van der Waals surface area contributed by atoms with Gasteiger partial charge in [-0.3, -0.25) is 9.69 Å². The molecule has 7 heteroatoms. The molecule has 0 saturated carbocycles. The van der Waals surface area contributed by atoms with E-state index in [0.29, 0.717) is 11.6 Å². The number of amides is 1. The normalized spacial score (nSPS) is 20.6. The molecule has 1 N–H and O–H groups in total. The summed E-state index contributed by atoms with van der Waals surface area (Å²) < 4.78 is 12.3. The average molecular weight is 463 g/mol. The number of carbonyl (C=O) groups is 1. The molecule has 0 aromatic heterocycles. The minimum Gasteiger partial charge on any atom is -0.399 e. The molecule has 0 atom stereocenters. The predicted molar refractivity (Wildman–Crippen MR) is 139 cm³/mol. The van der Waals surface area contributed by atoms with Crippen LogP contribution in [0.2, 0.25) is 0 Å². The molecule has 2 aromatic carbocycles. The Morgan fingerprint density at radius 3 is 2.24 bits per heavy atom. The van der Waals surface area contributed by atoms with E-state index in [4.69, 9.17) is 9.31 Å². The summed E-state index contributed by atoms with van der Waals surface area (Å²) in [4.78, 5) is 17.8. The van der Waals surface area contributed by atoms with Crippen molar-refractivity contribution in [3.05, 3.63) is 59.7 Å². The molecule has 34 heavy (non-hydrogen) atoms. The Morgan fingerprint density at radius 2 is 1.65 bits per heavy atom. The SMILES string of the molecule is CN(C)C1CCN(Cc2ccc(NC(=O)c3cccc(B4OC(C)(C)C(C)(C)O4)c3)cc2)CC1. The molecule has 1 amide bonds. The number of piperidine rings is 1. The first kappa shape index (κ1) is 24.9. The largest absolute Gasteiger partial charge is 0.494 e. The van der Waals surface area contributed by atoms with E-state index in [1.807, 2.05) is 64.1 Å². The fourth-order valence-corrected chi connectivity index (χ4v) is 4.55. The van der Waals surface area contributed by atoms with E-state index in [0.717, 1.165) is 30.8 Å². The highest BCUT2D eigenvalue weighted by Gasteiger charge is 2.51. The van der Waals surface area contributed by atoms with Gasteiger partial charge in [-0.25, -0.2) is 0 Å². The molecule has 182 valence electrons. The van der Waals surface area contributed by atoms with E-state index < -0.39 is 18.3 Å². The van der Waals surface area contributed by atoms with Crippen LogP contribution in [-0.2, 0) is 15.9 Å². The minimum atomic E-state index is -0.486. The number of carbonyl (C=O) groups excluding carboxylic acids is 1. The summed E-state index contributed by atoms with van der Waals surface area (Å²) in [6.45, 7) is 11.3. The van der Waals surface area contributed by atoms with Crippen molar-refractivity contribution in [3.8, 4) is 0 Å². The summed E-state index contributed by atoms with van der Waals surface area (Å²) in [7, 11) is 3.85. The molecule has 0 radical (unpaired) electrons. The molecule has 0 bridgehead atoms. The smallest absolute Gasteiger partial charge is 0.399 e. The number of nitrogens with one attached hydrogen (secondary N) is 1. The molecule has 0 spiro atoms. The lowest BCUT2D eigenvalue weighted by atomic mass is 9.78. The Hall–Kier alpha value is -2.19. The third-order valence-corrected chi connectivity index (χ3v) is 7.58. The van der Waals surface area contributed by atoms with Gasteiger partial charge in [-0.15, -0.1) is 0 Å². The van der Waals surface area contributed by atoms with Gasteiger partial charge in [-0.05, 0) is 103 Å². The van der Waals surface area contributed by atoms with E-state index in [2.05, 4.69) is 41.3 Å². The van der Waals surface area contributed by atoms with Crippen molar-refractivity contribution in [3.63, 3.8) is 0 Å². The third-order valence-electron chi connectivity index (χ3n) is 7.58. The Kier molecular flexibility index (Phi) is 7.20. The van der Waals surface area contributed by atoms with Gasteiger partial charge in [0.1, 0.15) is 0 Å². The standard InChI is InChI=1S/C27H38BN3O3/c1-26(2)27(3,4)34-28(33-26)22-9-7-8-21(18-22)25(32)29-23-12-10-20(11-13-23)19-31-16-14-24(15-17-31)30(5)6/h7-13,18,24H,14-17,19H2,1-6H3,(H,29,32). The highest BCUT2D eigenvalue weighted by atomic mass is 16.7. The highest BCUT2D eigenvalue weighted by molar-refractivity contribution is 6.62. The number of hydrogen-bond acceptors (Lipinski definition) is 5. The van der Waals surface area contributed by atoms with Crippen LogP contribution in [0.5, 0.6) is 0 Å². The van der Waals surface area contributed by atoms with E-state index in [-0.39, 0.29) is 5.91 Å². The van der Waals surface area contributed by atoms with Gasteiger partial charge in [-0.1, -0.05) is 24.3 Å². The molecule has 2 saturated heterocycles. The first-order valence-electron chi connectivity index (χ1n) is 12.3. The maximum Gasteiger partial charge on any atom is 0.494 e. The molecule has 0 aliphatic carbocycles. The van der Waals surface area contributed by atoms with Crippen LogP contribution in [0, 0.1) is 0 Å². The van der Waals surface area contributed by atoms with Gasteiger partial charge in [-0.2, -0.15) is 0 Å². The number of likely N-dealkylation sites (tertiary alicyclic amines) is 1. The molecule has 2 heterocycles. The van der Waals surface area contributed by atoms with Crippen LogP contribution in [0.1, 0.15) is 56.5 Å². The van der Waals surface area contributed by atoms with Crippen LogP contribution in [0.4, 0.5) is 5.69 Å². The average Bonchev–Trinajstić information content (AvgIpc) is 3.02. The van der Waals surface area contributed by atoms with Gasteiger partial charge in [0, 0.05) is 23.8 Å². The first-order valence-corrected chi connectivity index (χ1v) is 12.3. The molecule has 2 aliphatic heterocycles. The number of benzene rings is 2. The maximum atomic E-state index is 12.9. The van der Waals surface area contributed by atoms with Gasteiger partial charge in [0.15, 0.2) is 0 Å². The summed E-state index contributed by atoms with van der Waals surface area (Å²) in [5.41, 5.74) is 2.66. The summed E-state index contributed by atoms with van der Waals surface area (Å²) in [5.74, 6) is -0.142. The van der Waals surface area contributed by atoms with E-state index in [1.54, 1.807) is 0 Å². The lowest BCUT2D eigenvalue weighted by Crippen LogP contribution is -2.41. The second kappa shape index (κ2) is 9.82. The molecule has 2 aromatic rings. The fraction of sp³-hybridized carbons (Fsp3) is 0.519. The van der Waals surface area contributed by atoms with Crippen molar-refractivity contribution in [1.82, 2.24) is 9.80 Å². The monoisotopic (exact) mass is 463 g/mol. The highest BCUT2D eigenvalue weighted by Crippen LogP contribution is 2.36. The quantitative estimate of drug-likeness (QED) is 0.662. The summed E-state index contributed by atoms with van der Waals surface area (Å²) >= 11 is 0. The molecule has 6 nitrogen and oxygen atoms in total. The lowest BCUT2D eigenvalue weighted by molar-refractivity contribution is 0.00578. The predicted octanol–water partition coefficient (Wildman–Crippen LogP) is 3.76. The van der Waals surface area contributed by atoms with Gasteiger partial charge >= 0.3 is 7.12 Å². The third kappa shape index (κ3) is 5.55. The van der Waals surface area contributed by atoms with Gasteiger partial charge in [0.05, 0.1) is 11.2 Å². The molecule has 2 aliphatic rings. The second-order valence-electron chi connectivity index (χ2n) is 10.8. The second-order valence-corrected chi connectivity index (χ2v) is 10.8. The van der Waals surface area contributed by atoms with Gasteiger partial charge in [0.2, 0.25) is 0 Å². The van der Waals surface area contributed by atoms with E-state index >= 15 is 0 Å². The van der Waals surface area contributed by atoms with Gasteiger partial charge < -0.3 is 19.5 Å². The topological polar surface area (TPSA) is 54.0 Å². The molecule has 0 unspecified atom stereocenters. The zero-order valence-electron chi connectivity index (χ0n) is 21.4. The van der Waals surface area contributed by atoms with Crippen LogP contribution < -0.4 is 10.8 Å². The van der Waals surface area contributed by atoms with Crippen LogP contribution in [-0.4, -0.2) is 67.3 Å². The zero-order chi connectivity index (χ0) is 24.5. The summed E-state index contributed by atoms with van der Waals surface area (Å²) in [5, 5.41) is 3.02. The Morgan fingerprint density at radius 1 is 1.03 bits per heavy atom. The molecule has 2 fully saturated rings. The number of hydrogen-bond donors (Lipinski definition) is 1. The van der Waals surface area contributed by atoms with Crippen molar-refractivity contribution in [2.75, 3.05) is 32.5 Å². The number of rotatable bonds is 6. The van der Waals surface area contributed by atoms with Crippen molar-refractivity contribution in [1.29, 1.82) is 0 Å². The molecular formula is C27H38BN3O3. The van der Waals surface area contributed by atoms with Crippen LogP contribution in [0.15, 0.2) is 48.5 Å². The summed E-state index contributed by atoms with van der Waals surface area (Å²) in [6, 6.07) is 16.3. The van der Waals surface area contributed by atoms with Crippen LogP contribution in [0.3, 0.4) is 0 Å². The Bertz CT molecular complexity index is 982. The van der Waals surface area contributed by atoms with Crippen molar-refractivity contribution in [2.24, 2.45) is 0 Å². The molecule has 4 rings (SSSR count). The van der Waals surface area contributed by atoms with Crippen LogP contribution >= 0.6 is 0 Å². The number of nitrogens with zero attached hydrogens (tertiary/aromatic N) is 2. The Balaban J connectivity index is 1.34. The van der Waals surface area contributed by atoms with E-state index in [9.17, 15) is 4.79 Å². The van der Waals surface area contributed by atoms with Gasteiger partial charge in [0.25, 0.3) is 5.91 Å². The van der Waals surface area contributed by atoms with Crippen molar-refractivity contribution in [2.45, 2.75) is 64.3 Å². The van der Waals surface area contributed by atoms with E-state index in [1.165, 1.54) is 18.4 Å². The number of anilines is 1. The first-order chi connectivity index (χ1) is 16.0. The fourth-order valence-electron chi connectivity index (χ4n) is 4.55. The molecular weight excluding hydrogens is 425 g/mol. The summed E-state index contributed by atoms with van der Waals surface area (Å²) in [6.07, 6.45) is 2.43. The Labute approximate surface area is 204 Å². The maximum absolute atomic E-state index is 12.9.